The molecule has 0 fully saturated rings. The van der Waals surface area contributed by atoms with Gasteiger partial charge in [-0.25, -0.2) is 0 Å². The van der Waals surface area contributed by atoms with Crippen molar-refractivity contribution in [2.45, 2.75) is 412 Å². The first-order chi connectivity index (χ1) is 39.0. The molecule has 0 amide bonds. The molecule has 1 unspecified atom stereocenters. The minimum Gasteiger partial charge on any atom is -0.462 e. The van der Waals surface area contributed by atoms with Crippen molar-refractivity contribution in [3.63, 3.8) is 0 Å². The van der Waals surface area contributed by atoms with Crippen LogP contribution >= 0.6 is 0 Å². The zero-order valence-corrected chi connectivity index (χ0v) is 53.7. The molecule has 79 heavy (non-hydrogen) atoms. The Balaban J connectivity index is 4.26. The van der Waals surface area contributed by atoms with Crippen molar-refractivity contribution in [2.24, 2.45) is 0 Å². The number of ether oxygens (including phenoxy) is 3. The summed E-state index contributed by atoms with van der Waals surface area (Å²) in [6, 6.07) is 0. The van der Waals surface area contributed by atoms with Crippen molar-refractivity contribution in [2.75, 3.05) is 13.2 Å². The molecule has 0 aromatic carbocycles. The Labute approximate surface area is 493 Å². The van der Waals surface area contributed by atoms with Gasteiger partial charge in [-0.2, -0.15) is 0 Å². The highest BCUT2D eigenvalue weighted by molar-refractivity contribution is 5.71. The quantitative estimate of drug-likeness (QED) is 0.0261. The molecule has 0 saturated heterocycles. The number of esters is 3. The normalized spacial score (nSPS) is 12.1. The van der Waals surface area contributed by atoms with Crippen LogP contribution in [0.4, 0.5) is 0 Å². The minimum absolute atomic E-state index is 0.0647. The Bertz CT molecular complexity index is 1270. The maximum Gasteiger partial charge on any atom is 0.306 e. The Hall–Kier alpha value is -2.11. The highest BCUT2D eigenvalue weighted by atomic mass is 16.6. The molecule has 0 aliphatic carbocycles. The van der Waals surface area contributed by atoms with E-state index in [1.165, 1.54) is 302 Å². The summed E-state index contributed by atoms with van der Waals surface area (Å²) in [4.78, 5) is 38.5. The minimum atomic E-state index is -0.769. The zero-order chi connectivity index (χ0) is 57.1. The second-order valence-electron chi connectivity index (χ2n) is 24.5. The summed E-state index contributed by atoms with van der Waals surface area (Å²) in [7, 11) is 0. The molecule has 0 radical (unpaired) electrons. The summed E-state index contributed by atoms with van der Waals surface area (Å²) in [5.74, 6) is -0.832. The van der Waals surface area contributed by atoms with E-state index in [2.05, 4.69) is 45.1 Å². The van der Waals surface area contributed by atoms with E-state index in [0.717, 1.165) is 64.2 Å². The first kappa shape index (κ1) is 76.9. The lowest BCUT2D eigenvalue weighted by molar-refractivity contribution is -0.167. The predicted molar refractivity (Wildman–Crippen MR) is 344 cm³/mol. The SMILES string of the molecule is CCCCCCC/C=C\C/C=C\CCCCCCCCCCCCCC(=O)OCC(COC(=O)CCCCCCCCCCCCCCCCC)OC(=O)CCCCCCCCCCCCCCCCCCCCCCCCC. The maximum absolute atomic E-state index is 13.0. The van der Waals surface area contributed by atoms with Crippen molar-refractivity contribution >= 4 is 17.9 Å². The molecule has 1 atom stereocenters. The van der Waals surface area contributed by atoms with Crippen LogP contribution in [0.3, 0.4) is 0 Å². The second-order valence-corrected chi connectivity index (χ2v) is 24.5. The number of allylic oxidation sites excluding steroid dienone is 4. The second kappa shape index (κ2) is 68.4. The predicted octanol–water partition coefficient (Wildman–Crippen LogP) is 24.6. The van der Waals surface area contributed by atoms with Crippen molar-refractivity contribution < 1.29 is 28.6 Å². The topological polar surface area (TPSA) is 78.9 Å². The molecule has 0 heterocycles. The van der Waals surface area contributed by atoms with E-state index in [0.29, 0.717) is 19.3 Å². The number of carbonyl (C=O) groups is 3. The van der Waals surface area contributed by atoms with Gasteiger partial charge < -0.3 is 14.2 Å². The molecule has 466 valence electrons. The molecule has 0 spiro atoms. The molecule has 0 aromatic heterocycles. The van der Waals surface area contributed by atoms with Gasteiger partial charge in [-0.05, 0) is 51.4 Å². The smallest absolute Gasteiger partial charge is 0.306 e. The summed E-state index contributed by atoms with van der Waals surface area (Å²) < 4.78 is 17.0. The van der Waals surface area contributed by atoms with Gasteiger partial charge in [-0.1, -0.05) is 360 Å². The van der Waals surface area contributed by atoms with Crippen LogP contribution in [0.2, 0.25) is 0 Å². The summed E-state index contributed by atoms with van der Waals surface area (Å²) in [6.07, 6.45) is 83.5. The fourth-order valence-electron chi connectivity index (χ4n) is 11.1. The standard InChI is InChI=1S/C73H138O6/c1-4-7-10-13-16-19-22-25-28-30-32-34-36-38-40-42-45-48-51-54-57-60-63-66-72(75)78-69-70(68-77-71(74)65-62-59-56-53-50-47-44-27-24-21-18-15-12-9-6-3)79-73(76)67-64-61-58-55-52-49-46-43-41-39-37-35-33-31-29-26-23-20-17-14-11-8-5-2/h22,25,30,32,70H,4-21,23-24,26-29,31,33-69H2,1-3H3/b25-22-,32-30-. The van der Waals surface area contributed by atoms with Gasteiger partial charge in [0, 0.05) is 19.3 Å². The van der Waals surface area contributed by atoms with E-state index in [9.17, 15) is 14.4 Å². The summed E-state index contributed by atoms with van der Waals surface area (Å²) in [5.41, 5.74) is 0. The van der Waals surface area contributed by atoms with E-state index >= 15 is 0 Å². The number of unbranched alkanes of at least 4 members (excludes halogenated alkanes) is 52. The first-order valence-electron chi connectivity index (χ1n) is 35.8. The van der Waals surface area contributed by atoms with Crippen LogP contribution in [0.15, 0.2) is 24.3 Å². The molecule has 0 N–H and O–H groups in total. The van der Waals surface area contributed by atoms with Gasteiger partial charge in [-0.15, -0.1) is 0 Å². The van der Waals surface area contributed by atoms with E-state index in [4.69, 9.17) is 14.2 Å². The molecule has 0 aromatic rings. The van der Waals surface area contributed by atoms with Crippen LogP contribution in [0.25, 0.3) is 0 Å². The van der Waals surface area contributed by atoms with E-state index < -0.39 is 6.10 Å². The lowest BCUT2D eigenvalue weighted by Crippen LogP contribution is -2.30. The monoisotopic (exact) mass is 1110 g/mol. The summed E-state index contributed by atoms with van der Waals surface area (Å²) >= 11 is 0. The summed E-state index contributed by atoms with van der Waals surface area (Å²) in [5, 5.41) is 0. The number of hydrogen-bond acceptors (Lipinski definition) is 6. The van der Waals surface area contributed by atoms with E-state index in [1.807, 2.05) is 0 Å². The maximum atomic E-state index is 13.0. The van der Waals surface area contributed by atoms with Crippen molar-refractivity contribution in [3.05, 3.63) is 24.3 Å². The Morgan fingerprint density at radius 1 is 0.253 bits per heavy atom. The molecule has 6 heteroatoms. The lowest BCUT2D eigenvalue weighted by atomic mass is 10.0. The van der Waals surface area contributed by atoms with Gasteiger partial charge in [0.25, 0.3) is 0 Å². The van der Waals surface area contributed by atoms with Crippen molar-refractivity contribution in [1.82, 2.24) is 0 Å². The Kier molecular flexibility index (Phi) is 66.6. The van der Waals surface area contributed by atoms with Crippen LogP contribution in [0, 0.1) is 0 Å². The van der Waals surface area contributed by atoms with Gasteiger partial charge >= 0.3 is 17.9 Å². The molecule has 0 aliphatic rings. The zero-order valence-electron chi connectivity index (χ0n) is 53.7. The number of hydrogen-bond donors (Lipinski definition) is 0. The molecule has 0 rings (SSSR count). The van der Waals surface area contributed by atoms with Crippen LogP contribution in [-0.2, 0) is 28.6 Å². The third-order valence-corrected chi connectivity index (χ3v) is 16.5. The highest BCUT2D eigenvalue weighted by Gasteiger charge is 2.19. The average molecular weight is 1110 g/mol. The average Bonchev–Trinajstić information content (AvgIpc) is 3.45. The van der Waals surface area contributed by atoms with Crippen LogP contribution < -0.4 is 0 Å². The molecule has 0 bridgehead atoms. The van der Waals surface area contributed by atoms with Crippen LogP contribution in [0.5, 0.6) is 0 Å². The fraction of sp³-hybridized carbons (Fsp3) is 0.904. The fourth-order valence-corrected chi connectivity index (χ4v) is 11.1. The Morgan fingerprint density at radius 2 is 0.456 bits per heavy atom. The lowest BCUT2D eigenvalue weighted by Gasteiger charge is -2.18. The van der Waals surface area contributed by atoms with Gasteiger partial charge in [0.05, 0.1) is 0 Å². The third kappa shape index (κ3) is 66.6. The molecule has 6 nitrogen and oxygen atoms in total. The molecular weight excluding hydrogens is 973 g/mol. The van der Waals surface area contributed by atoms with Crippen LogP contribution in [0.1, 0.15) is 406 Å². The number of rotatable bonds is 67. The van der Waals surface area contributed by atoms with Crippen LogP contribution in [-0.4, -0.2) is 37.2 Å². The molecular formula is C73H138O6. The van der Waals surface area contributed by atoms with Gasteiger partial charge in [0.1, 0.15) is 13.2 Å². The van der Waals surface area contributed by atoms with Gasteiger partial charge in [0.2, 0.25) is 0 Å². The van der Waals surface area contributed by atoms with Crippen molar-refractivity contribution in [1.29, 1.82) is 0 Å². The third-order valence-electron chi connectivity index (χ3n) is 16.5. The van der Waals surface area contributed by atoms with Gasteiger partial charge in [0.15, 0.2) is 6.10 Å². The van der Waals surface area contributed by atoms with Gasteiger partial charge in [-0.3, -0.25) is 14.4 Å². The Morgan fingerprint density at radius 3 is 0.696 bits per heavy atom. The first-order valence-corrected chi connectivity index (χ1v) is 35.8. The molecule has 0 saturated carbocycles. The van der Waals surface area contributed by atoms with E-state index in [-0.39, 0.29) is 31.1 Å². The number of carbonyl (C=O) groups excluding carboxylic acids is 3. The highest BCUT2D eigenvalue weighted by Crippen LogP contribution is 2.19. The molecule has 0 aliphatic heterocycles. The largest absolute Gasteiger partial charge is 0.462 e. The van der Waals surface area contributed by atoms with E-state index in [1.54, 1.807) is 0 Å². The summed E-state index contributed by atoms with van der Waals surface area (Å²) in [6.45, 7) is 6.72. The van der Waals surface area contributed by atoms with Crippen molar-refractivity contribution in [3.8, 4) is 0 Å².